The molecule has 3 rings (SSSR count). The summed E-state index contributed by atoms with van der Waals surface area (Å²) in [5.74, 6) is 1.89. The third-order valence-corrected chi connectivity index (χ3v) is 8.35. The van der Waals surface area contributed by atoms with Gasteiger partial charge in [0.1, 0.15) is 10.6 Å². The van der Waals surface area contributed by atoms with Crippen molar-refractivity contribution in [3.05, 3.63) is 59.2 Å². The van der Waals surface area contributed by atoms with Crippen LogP contribution in [0.25, 0.3) is 0 Å². The lowest BCUT2D eigenvalue weighted by Crippen LogP contribution is -2.13. The Kier molecular flexibility index (Phi) is 5.84. The normalized spacial score (nSPS) is 15.0. The van der Waals surface area contributed by atoms with Crippen LogP contribution in [0, 0.1) is 6.92 Å². The van der Waals surface area contributed by atoms with Gasteiger partial charge in [-0.3, -0.25) is 0 Å². The molecule has 0 N–H and O–H groups in total. The summed E-state index contributed by atoms with van der Waals surface area (Å²) < 4.78 is 35.6. The zero-order valence-electron chi connectivity index (χ0n) is 14.3. The number of ether oxygens (including phenoxy) is 1. The summed E-state index contributed by atoms with van der Waals surface area (Å²) in [7, 11) is -2.81. The first kappa shape index (κ1) is 19.1. The van der Waals surface area contributed by atoms with E-state index in [9.17, 15) is 13.2 Å². The molecule has 0 saturated carbocycles. The number of methoxy groups -OCH3 is 1. The van der Waals surface area contributed by atoms with Crippen LogP contribution in [0.5, 0.6) is 5.75 Å². The van der Waals surface area contributed by atoms with E-state index in [4.69, 9.17) is 4.18 Å². The molecule has 0 bridgehead atoms. The number of rotatable bonds is 5. The van der Waals surface area contributed by atoms with Crippen molar-refractivity contribution in [1.82, 2.24) is 0 Å². The molecule has 138 valence electrons. The third-order valence-electron chi connectivity index (χ3n) is 3.86. The van der Waals surface area contributed by atoms with Gasteiger partial charge in [0, 0.05) is 11.5 Å². The van der Waals surface area contributed by atoms with Crippen LogP contribution < -0.4 is 4.18 Å². The van der Waals surface area contributed by atoms with E-state index in [0.29, 0.717) is 10.1 Å². The van der Waals surface area contributed by atoms with E-state index in [0.717, 1.165) is 17.1 Å². The monoisotopic (exact) mass is 410 g/mol. The first-order chi connectivity index (χ1) is 12.4. The van der Waals surface area contributed by atoms with E-state index in [1.807, 2.05) is 35.7 Å². The second-order valence-corrected chi connectivity index (χ2v) is 9.89. The van der Waals surface area contributed by atoms with Gasteiger partial charge in [-0.15, -0.1) is 23.5 Å². The number of hydrogen-bond donors (Lipinski definition) is 0. The van der Waals surface area contributed by atoms with Gasteiger partial charge in [-0.2, -0.15) is 8.42 Å². The zero-order valence-corrected chi connectivity index (χ0v) is 16.7. The molecular formula is C18H18O5S3. The minimum atomic E-state index is -4.06. The van der Waals surface area contributed by atoms with E-state index in [1.165, 1.54) is 19.2 Å². The van der Waals surface area contributed by atoms with Gasteiger partial charge >= 0.3 is 16.1 Å². The molecule has 0 amide bonds. The molecule has 0 unspecified atom stereocenters. The van der Waals surface area contributed by atoms with Crippen LogP contribution in [0.3, 0.4) is 0 Å². The van der Waals surface area contributed by atoms with Gasteiger partial charge in [0.2, 0.25) is 0 Å². The Balaban J connectivity index is 1.83. The van der Waals surface area contributed by atoms with Crippen molar-refractivity contribution >= 4 is 39.6 Å². The Labute approximate surface area is 161 Å². The topological polar surface area (TPSA) is 69.7 Å². The van der Waals surface area contributed by atoms with Gasteiger partial charge in [-0.05, 0) is 42.3 Å². The van der Waals surface area contributed by atoms with Crippen LogP contribution in [-0.4, -0.2) is 33.0 Å². The van der Waals surface area contributed by atoms with Crippen molar-refractivity contribution in [2.24, 2.45) is 0 Å². The molecule has 0 radical (unpaired) electrons. The average Bonchev–Trinajstić information content (AvgIpc) is 3.16. The molecule has 0 spiro atoms. The summed E-state index contributed by atoms with van der Waals surface area (Å²) in [6, 6.07) is 11.4. The predicted octanol–water partition coefficient (Wildman–Crippen LogP) is 4.03. The van der Waals surface area contributed by atoms with Crippen molar-refractivity contribution in [2.45, 2.75) is 16.4 Å². The van der Waals surface area contributed by atoms with Crippen LogP contribution in [0.4, 0.5) is 0 Å². The standard InChI is InChI=1S/C18H18O5S3/c1-12-3-4-14(17(19)22-2)11-16(12)26(20,21)23-15-7-5-13(6-8-15)18-24-9-10-25-18/h3-8,11,18H,9-10H2,1-2H3. The number of aryl methyl sites for hydroxylation is 1. The Morgan fingerprint density at radius 3 is 2.35 bits per heavy atom. The van der Waals surface area contributed by atoms with Crippen molar-refractivity contribution < 1.29 is 22.1 Å². The molecule has 8 heteroatoms. The molecule has 5 nitrogen and oxygen atoms in total. The van der Waals surface area contributed by atoms with E-state index >= 15 is 0 Å². The maximum Gasteiger partial charge on any atom is 0.339 e. The maximum atomic E-state index is 12.6. The van der Waals surface area contributed by atoms with Gasteiger partial charge in [-0.25, -0.2) is 4.79 Å². The van der Waals surface area contributed by atoms with E-state index in [2.05, 4.69) is 4.74 Å². The van der Waals surface area contributed by atoms with Gasteiger partial charge in [0.05, 0.1) is 17.3 Å². The summed E-state index contributed by atoms with van der Waals surface area (Å²) in [6.07, 6.45) is 0. The van der Waals surface area contributed by atoms with Gasteiger partial charge < -0.3 is 8.92 Å². The lowest BCUT2D eigenvalue weighted by molar-refractivity contribution is 0.0600. The Bertz CT molecular complexity index is 901. The zero-order chi connectivity index (χ0) is 18.7. The van der Waals surface area contributed by atoms with Crippen LogP contribution >= 0.6 is 23.5 Å². The molecule has 2 aromatic carbocycles. The fourth-order valence-electron chi connectivity index (χ4n) is 2.52. The number of esters is 1. The average molecular weight is 411 g/mol. The highest BCUT2D eigenvalue weighted by molar-refractivity contribution is 8.19. The first-order valence-electron chi connectivity index (χ1n) is 7.87. The largest absolute Gasteiger partial charge is 0.465 e. The van der Waals surface area contributed by atoms with Crippen LogP contribution in [-0.2, 0) is 14.9 Å². The lowest BCUT2D eigenvalue weighted by Gasteiger charge is -2.12. The van der Waals surface area contributed by atoms with Gasteiger partial charge in [-0.1, -0.05) is 18.2 Å². The third kappa shape index (κ3) is 4.19. The first-order valence-corrected chi connectivity index (χ1v) is 11.4. The van der Waals surface area contributed by atoms with Crippen molar-refractivity contribution in [3.8, 4) is 5.75 Å². The van der Waals surface area contributed by atoms with Crippen LogP contribution in [0.15, 0.2) is 47.4 Å². The number of carbonyl (C=O) groups is 1. The van der Waals surface area contributed by atoms with Crippen molar-refractivity contribution in [2.75, 3.05) is 18.6 Å². The smallest absolute Gasteiger partial charge is 0.339 e. The molecule has 1 aliphatic heterocycles. The molecule has 0 aliphatic carbocycles. The highest BCUT2D eigenvalue weighted by Crippen LogP contribution is 2.45. The minimum absolute atomic E-state index is 0.0496. The number of carbonyl (C=O) groups excluding carboxylic acids is 1. The molecule has 1 aliphatic rings. The lowest BCUT2D eigenvalue weighted by atomic mass is 10.1. The van der Waals surface area contributed by atoms with E-state index in [1.54, 1.807) is 25.1 Å². The van der Waals surface area contributed by atoms with Crippen molar-refractivity contribution in [3.63, 3.8) is 0 Å². The fraction of sp³-hybridized carbons (Fsp3) is 0.278. The SMILES string of the molecule is COC(=O)c1ccc(C)c(S(=O)(=O)Oc2ccc(C3SCCS3)cc2)c1. The minimum Gasteiger partial charge on any atom is -0.465 e. The Morgan fingerprint density at radius 2 is 1.73 bits per heavy atom. The molecule has 1 fully saturated rings. The summed E-state index contributed by atoms with van der Waals surface area (Å²) in [5, 5.41) is 0. The molecule has 0 aromatic heterocycles. The summed E-state index contributed by atoms with van der Waals surface area (Å²) in [4.78, 5) is 11.6. The Morgan fingerprint density at radius 1 is 1.08 bits per heavy atom. The second kappa shape index (κ2) is 7.94. The van der Waals surface area contributed by atoms with Crippen molar-refractivity contribution in [1.29, 1.82) is 0 Å². The van der Waals surface area contributed by atoms with Gasteiger partial charge in [0.25, 0.3) is 0 Å². The highest BCUT2D eigenvalue weighted by atomic mass is 32.2. The second-order valence-electron chi connectivity index (χ2n) is 5.65. The van der Waals surface area contributed by atoms with E-state index in [-0.39, 0.29) is 16.2 Å². The molecule has 0 atom stereocenters. The number of hydrogen-bond acceptors (Lipinski definition) is 7. The summed E-state index contributed by atoms with van der Waals surface area (Å²) >= 11 is 3.76. The maximum absolute atomic E-state index is 12.6. The summed E-state index contributed by atoms with van der Waals surface area (Å²) in [6.45, 7) is 1.65. The highest BCUT2D eigenvalue weighted by Gasteiger charge is 2.22. The quantitative estimate of drug-likeness (QED) is 0.544. The number of thioether (sulfide) groups is 2. The predicted molar refractivity (Wildman–Crippen MR) is 104 cm³/mol. The molecule has 26 heavy (non-hydrogen) atoms. The molecule has 1 heterocycles. The van der Waals surface area contributed by atoms with E-state index < -0.39 is 16.1 Å². The Hall–Kier alpha value is -1.64. The number of benzene rings is 2. The van der Waals surface area contributed by atoms with Crippen LogP contribution in [0.2, 0.25) is 0 Å². The molecular weight excluding hydrogens is 392 g/mol. The fourth-order valence-corrected chi connectivity index (χ4v) is 6.56. The molecule has 2 aromatic rings. The van der Waals surface area contributed by atoms with Gasteiger partial charge in [0.15, 0.2) is 0 Å². The van der Waals surface area contributed by atoms with Crippen LogP contribution in [0.1, 0.15) is 26.1 Å². The summed E-state index contributed by atoms with van der Waals surface area (Å²) in [5.41, 5.74) is 1.80. The molecule has 1 saturated heterocycles.